The summed E-state index contributed by atoms with van der Waals surface area (Å²) in [4.78, 5) is 37.6. The Labute approximate surface area is 155 Å². The van der Waals surface area contributed by atoms with Crippen LogP contribution in [0, 0.1) is 0 Å². The molecule has 3 rings (SSSR count). The molecule has 0 spiro atoms. The first-order chi connectivity index (χ1) is 12.5. The van der Waals surface area contributed by atoms with Crippen molar-refractivity contribution >= 4 is 34.8 Å². The summed E-state index contributed by atoms with van der Waals surface area (Å²) in [5.41, 5.74) is 1.03. The molecule has 2 heterocycles. The van der Waals surface area contributed by atoms with Crippen LogP contribution in [0.25, 0.3) is 0 Å². The van der Waals surface area contributed by atoms with Crippen LogP contribution in [-0.4, -0.2) is 28.1 Å². The van der Waals surface area contributed by atoms with Gasteiger partial charge in [0.15, 0.2) is 0 Å². The summed E-state index contributed by atoms with van der Waals surface area (Å²) in [6, 6.07) is 7.72. The number of hydrogen-bond acceptors (Lipinski definition) is 4. The molecule has 0 saturated carbocycles. The zero-order valence-electron chi connectivity index (χ0n) is 14.4. The van der Waals surface area contributed by atoms with Crippen molar-refractivity contribution in [3.8, 4) is 0 Å². The second-order valence-corrected chi connectivity index (χ2v) is 6.46. The molecule has 0 radical (unpaired) electrons. The van der Waals surface area contributed by atoms with Crippen molar-refractivity contribution in [3.63, 3.8) is 0 Å². The van der Waals surface area contributed by atoms with E-state index in [4.69, 9.17) is 11.6 Å². The monoisotopic (exact) mass is 374 g/mol. The van der Waals surface area contributed by atoms with Crippen molar-refractivity contribution in [2.75, 3.05) is 16.8 Å². The Balaban J connectivity index is 1.77. The molecule has 8 heteroatoms. The first-order valence-electron chi connectivity index (χ1n) is 8.49. The minimum absolute atomic E-state index is 0.0473. The van der Waals surface area contributed by atoms with E-state index < -0.39 is 5.91 Å². The van der Waals surface area contributed by atoms with Gasteiger partial charge in [-0.1, -0.05) is 18.5 Å². The van der Waals surface area contributed by atoms with Gasteiger partial charge in [-0.25, -0.2) is 4.68 Å². The highest BCUT2D eigenvalue weighted by molar-refractivity contribution is 6.34. The molecule has 1 aliphatic heterocycles. The van der Waals surface area contributed by atoms with E-state index in [9.17, 15) is 14.4 Å². The lowest BCUT2D eigenvalue weighted by Gasteiger charge is -2.18. The summed E-state index contributed by atoms with van der Waals surface area (Å²) in [6.07, 6.45) is 2.07. The lowest BCUT2D eigenvalue weighted by molar-refractivity contribution is -0.117. The largest absolute Gasteiger partial charge is 0.321 e. The molecule has 1 saturated heterocycles. The fraction of sp³-hybridized carbons (Fsp3) is 0.333. The van der Waals surface area contributed by atoms with Crippen molar-refractivity contribution in [3.05, 3.63) is 51.4 Å². The number of aryl methyl sites for hydroxylation is 1. The minimum atomic E-state index is -0.434. The van der Waals surface area contributed by atoms with Gasteiger partial charge in [0.05, 0.1) is 10.7 Å². The third-order valence-electron chi connectivity index (χ3n) is 4.10. The molecule has 26 heavy (non-hydrogen) atoms. The van der Waals surface area contributed by atoms with Crippen molar-refractivity contribution in [2.45, 2.75) is 32.7 Å². The average molecular weight is 375 g/mol. The van der Waals surface area contributed by atoms with Crippen LogP contribution in [0.4, 0.5) is 11.4 Å². The van der Waals surface area contributed by atoms with Gasteiger partial charge in [-0.2, -0.15) is 5.10 Å². The van der Waals surface area contributed by atoms with Crippen molar-refractivity contribution in [2.24, 2.45) is 0 Å². The number of anilines is 2. The maximum Gasteiger partial charge on any atom is 0.276 e. The SMILES string of the molecule is CCCn1nc(C(=O)Nc2ccc(N3CCCC3=O)c(Cl)c2)ccc1=O. The van der Waals surface area contributed by atoms with E-state index in [-0.39, 0.29) is 17.2 Å². The fourth-order valence-corrected chi connectivity index (χ4v) is 3.13. The molecule has 0 aliphatic carbocycles. The highest BCUT2D eigenvalue weighted by atomic mass is 35.5. The number of nitrogens with one attached hydrogen (secondary N) is 1. The quantitative estimate of drug-likeness (QED) is 0.872. The zero-order chi connectivity index (χ0) is 18.7. The molecule has 2 amide bonds. The molecule has 2 aromatic rings. The summed E-state index contributed by atoms with van der Waals surface area (Å²) >= 11 is 6.29. The maximum absolute atomic E-state index is 12.4. The van der Waals surface area contributed by atoms with E-state index in [0.29, 0.717) is 35.9 Å². The van der Waals surface area contributed by atoms with Crippen LogP contribution in [0.5, 0.6) is 0 Å². The van der Waals surface area contributed by atoms with Gasteiger partial charge in [-0.15, -0.1) is 0 Å². The summed E-state index contributed by atoms with van der Waals surface area (Å²) in [5, 5.41) is 7.18. The number of nitrogens with zero attached hydrogens (tertiary/aromatic N) is 3. The summed E-state index contributed by atoms with van der Waals surface area (Å²) in [7, 11) is 0. The number of benzene rings is 1. The molecule has 7 nitrogen and oxygen atoms in total. The van der Waals surface area contributed by atoms with Crippen molar-refractivity contribution < 1.29 is 9.59 Å². The predicted molar refractivity (Wildman–Crippen MR) is 99.8 cm³/mol. The average Bonchev–Trinajstić information content (AvgIpc) is 3.03. The van der Waals surface area contributed by atoms with Crippen LogP contribution in [0.3, 0.4) is 0 Å². The minimum Gasteiger partial charge on any atom is -0.321 e. The highest BCUT2D eigenvalue weighted by Crippen LogP contribution is 2.31. The van der Waals surface area contributed by atoms with Crippen LogP contribution in [0.2, 0.25) is 5.02 Å². The second-order valence-electron chi connectivity index (χ2n) is 6.05. The van der Waals surface area contributed by atoms with Gasteiger partial charge in [0.1, 0.15) is 5.69 Å². The zero-order valence-corrected chi connectivity index (χ0v) is 15.1. The predicted octanol–water partition coefficient (Wildman–Crippen LogP) is 2.69. The fourth-order valence-electron chi connectivity index (χ4n) is 2.84. The van der Waals surface area contributed by atoms with Crippen LogP contribution >= 0.6 is 11.6 Å². The van der Waals surface area contributed by atoms with Gasteiger partial charge < -0.3 is 10.2 Å². The molecule has 1 N–H and O–H groups in total. The summed E-state index contributed by atoms with van der Waals surface area (Å²) in [6.45, 7) is 3.02. The third kappa shape index (κ3) is 3.77. The van der Waals surface area contributed by atoms with Crippen molar-refractivity contribution in [1.29, 1.82) is 0 Å². The van der Waals surface area contributed by atoms with Crippen LogP contribution in [-0.2, 0) is 11.3 Å². The van der Waals surface area contributed by atoms with Gasteiger partial charge in [-0.05, 0) is 37.1 Å². The Morgan fingerprint density at radius 2 is 2.08 bits per heavy atom. The number of hydrogen-bond donors (Lipinski definition) is 1. The lowest BCUT2D eigenvalue weighted by Crippen LogP contribution is -2.26. The van der Waals surface area contributed by atoms with Gasteiger partial charge in [-0.3, -0.25) is 14.4 Å². The number of carbonyl (C=O) groups is 2. The molecule has 0 atom stereocenters. The van der Waals surface area contributed by atoms with Crippen LogP contribution in [0.1, 0.15) is 36.7 Å². The Kier molecular flexibility index (Phi) is 5.37. The standard InChI is InChI=1S/C18H19ClN4O3/c1-2-9-23-17(25)8-6-14(21-23)18(26)20-12-5-7-15(13(19)11-12)22-10-3-4-16(22)24/h5-8,11H,2-4,9-10H2,1H3,(H,20,26). The van der Waals surface area contributed by atoms with E-state index in [1.165, 1.54) is 16.8 Å². The van der Waals surface area contributed by atoms with E-state index in [1.807, 2.05) is 6.92 Å². The van der Waals surface area contributed by atoms with E-state index in [1.54, 1.807) is 23.1 Å². The number of amides is 2. The van der Waals surface area contributed by atoms with Gasteiger partial charge in [0.25, 0.3) is 11.5 Å². The first-order valence-corrected chi connectivity index (χ1v) is 8.87. The Bertz CT molecular complexity index is 910. The van der Waals surface area contributed by atoms with Crippen LogP contribution in [0.15, 0.2) is 35.1 Å². The molecule has 0 bridgehead atoms. The summed E-state index contributed by atoms with van der Waals surface area (Å²) in [5.74, 6) is -0.387. The smallest absolute Gasteiger partial charge is 0.276 e. The van der Waals surface area contributed by atoms with Crippen molar-refractivity contribution in [1.82, 2.24) is 9.78 Å². The topological polar surface area (TPSA) is 84.3 Å². The number of halogens is 1. The third-order valence-corrected chi connectivity index (χ3v) is 4.41. The van der Waals surface area contributed by atoms with Gasteiger partial charge in [0.2, 0.25) is 5.91 Å². The second kappa shape index (κ2) is 7.70. The van der Waals surface area contributed by atoms with Crippen LogP contribution < -0.4 is 15.8 Å². The normalized spacial score (nSPS) is 13.9. The molecular formula is C18H19ClN4O3. The molecule has 0 unspecified atom stereocenters. The summed E-state index contributed by atoms with van der Waals surface area (Å²) < 4.78 is 1.27. The molecule has 1 aromatic carbocycles. The number of aromatic nitrogens is 2. The molecule has 1 aliphatic rings. The molecule has 136 valence electrons. The number of carbonyl (C=O) groups excluding carboxylic acids is 2. The lowest BCUT2D eigenvalue weighted by atomic mass is 10.2. The Morgan fingerprint density at radius 3 is 2.73 bits per heavy atom. The van der Waals surface area contributed by atoms with E-state index in [0.717, 1.165) is 12.8 Å². The molecule has 1 aromatic heterocycles. The van der Waals surface area contributed by atoms with E-state index in [2.05, 4.69) is 10.4 Å². The number of rotatable bonds is 5. The molecular weight excluding hydrogens is 356 g/mol. The highest BCUT2D eigenvalue weighted by Gasteiger charge is 2.23. The Hall–Kier alpha value is -2.67. The van der Waals surface area contributed by atoms with Gasteiger partial charge in [0, 0.05) is 31.3 Å². The Morgan fingerprint density at radius 1 is 1.27 bits per heavy atom. The first kappa shape index (κ1) is 18.1. The van der Waals surface area contributed by atoms with Gasteiger partial charge >= 0.3 is 0 Å². The van der Waals surface area contributed by atoms with E-state index >= 15 is 0 Å². The maximum atomic E-state index is 12.4. The molecule has 1 fully saturated rings.